The lowest BCUT2D eigenvalue weighted by molar-refractivity contribution is -0.113. The summed E-state index contributed by atoms with van der Waals surface area (Å²) in [6, 6.07) is 9.69. The number of amides is 2. The van der Waals surface area contributed by atoms with Crippen LogP contribution in [-0.2, 0) is 4.79 Å². The minimum atomic E-state index is -0.566. The molecule has 1 N–H and O–H groups in total. The number of carbonyl (C=O) groups excluding carboxylic acids is 2. The molecule has 138 valence electrons. The van der Waals surface area contributed by atoms with E-state index in [9.17, 15) is 18.4 Å². The third-order valence-corrected chi connectivity index (χ3v) is 4.75. The Bertz CT molecular complexity index is 778. The average molecular weight is 378 g/mol. The van der Waals surface area contributed by atoms with Crippen molar-refractivity contribution in [3.63, 3.8) is 0 Å². The van der Waals surface area contributed by atoms with Crippen LogP contribution in [0.15, 0.2) is 47.4 Å². The van der Waals surface area contributed by atoms with Crippen LogP contribution >= 0.6 is 11.8 Å². The smallest absolute Gasteiger partial charge is 0.253 e. The highest BCUT2D eigenvalue weighted by molar-refractivity contribution is 8.00. The number of hydrogen-bond donors (Lipinski definition) is 1. The summed E-state index contributed by atoms with van der Waals surface area (Å²) in [7, 11) is 0. The van der Waals surface area contributed by atoms with Gasteiger partial charge in [-0.2, -0.15) is 0 Å². The van der Waals surface area contributed by atoms with Gasteiger partial charge in [0.1, 0.15) is 11.6 Å². The standard InChI is InChI=1S/C19H20F2N2O2S/c1-3-23(4-2)19(25)13-5-8-15(9-6-13)22-18(24)12-26-17-11-14(20)7-10-16(17)21/h5-11H,3-4,12H2,1-2H3,(H,22,24). The number of benzene rings is 2. The molecular weight excluding hydrogens is 358 g/mol. The van der Waals surface area contributed by atoms with E-state index in [4.69, 9.17) is 0 Å². The molecule has 0 aliphatic heterocycles. The third kappa shape index (κ3) is 5.29. The number of anilines is 1. The number of thioether (sulfide) groups is 1. The molecule has 0 heterocycles. The van der Waals surface area contributed by atoms with E-state index in [2.05, 4.69) is 5.32 Å². The minimum Gasteiger partial charge on any atom is -0.339 e. The fraction of sp³-hybridized carbons (Fsp3) is 0.263. The molecule has 4 nitrogen and oxygen atoms in total. The lowest BCUT2D eigenvalue weighted by Crippen LogP contribution is -2.30. The molecule has 0 bridgehead atoms. The zero-order chi connectivity index (χ0) is 19.1. The summed E-state index contributed by atoms with van der Waals surface area (Å²) in [4.78, 5) is 26.0. The number of nitrogens with one attached hydrogen (secondary N) is 1. The van der Waals surface area contributed by atoms with Crippen LogP contribution in [-0.4, -0.2) is 35.6 Å². The van der Waals surface area contributed by atoms with Gasteiger partial charge in [-0.05, 0) is 56.3 Å². The van der Waals surface area contributed by atoms with E-state index in [0.29, 0.717) is 24.3 Å². The molecule has 0 unspecified atom stereocenters. The van der Waals surface area contributed by atoms with Gasteiger partial charge in [0, 0.05) is 29.2 Å². The maximum atomic E-state index is 13.5. The van der Waals surface area contributed by atoms with Crippen molar-refractivity contribution in [2.24, 2.45) is 0 Å². The normalized spacial score (nSPS) is 10.5. The molecule has 0 saturated carbocycles. The first-order valence-electron chi connectivity index (χ1n) is 8.21. The van der Waals surface area contributed by atoms with E-state index in [1.807, 2.05) is 13.8 Å². The van der Waals surface area contributed by atoms with E-state index in [-0.39, 0.29) is 22.5 Å². The number of halogens is 2. The first-order chi connectivity index (χ1) is 12.4. The van der Waals surface area contributed by atoms with Crippen LogP contribution in [0.2, 0.25) is 0 Å². The highest BCUT2D eigenvalue weighted by Crippen LogP contribution is 2.23. The van der Waals surface area contributed by atoms with E-state index in [1.165, 1.54) is 0 Å². The monoisotopic (exact) mass is 378 g/mol. The fourth-order valence-electron chi connectivity index (χ4n) is 2.32. The molecule has 0 atom stereocenters. The van der Waals surface area contributed by atoms with E-state index in [0.717, 1.165) is 30.0 Å². The second-order valence-corrected chi connectivity index (χ2v) is 6.48. The summed E-state index contributed by atoms with van der Waals surface area (Å²) in [5, 5.41) is 2.67. The number of hydrogen-bond acceptors (Lipinski definition) is 3. The van der Waals surface area contributed by atoms with Crippen molar-refractivity contribution in [2.75, 3.05) is 24.2 Å². The molecule has 0 saturated heterocycles. The molecule has 2 rings (SSSR count). The van der Waals surface area contributed by atoms with Gasteiger partial charge >= 0.3 is 0 Å². The molecule has 0 aliphatic rings. The van der Waals surface area contributed by atoms with Crippen molar-refractivity contribution < 1.29 is 18.4 Å². The summed E-state index contributed by atoms with van der Waals surface area (Å²) < 4.78 is 26.7. The van der Waals surface area contributed by atoms with Crippen LogP contribution in [0.5, 0.6) is 0 Å². The van der Waals surface area contributed by atoms with Crippen LogP contribution in [0.25, 0.3) is 0 Å². The Balaban J connectivity index is 1.93. The van der Waals surface area contributed by atoms with Crippen LogP contribution < -0.4 is 5.32 Å². The van der Waals surface area contributed by atoms with Crippen molar-refractivity contribution in [3.8, 4) is 0 Å². The molecule has 0 aliphatic carbocycles. The number of rotatable bonds is 7. The van der Waals surface area contributed by atoms with Gasteiger partial charge in [0.25, 0.3) is 5.91 Å². The Hall–Kier alpha value is -2.41. The molecule has 2 amide bonds. The van der Waals surface area contributed by atoms with Gasteiger partial charge in [-0.15, -0.1) is 11.8 Å². The van der Waals surface area contributed by atoms with Gasteiger partial charge in [-0.3, -0.25) is 9.59 Å². The third-order valence-electron chi connectivity index (χ3n) is 3.72. The highest BCUT2D eigenvalue weighted by atomic mass is 32.2. The van der Waals surface area contributed by atoms with Crippen molar-refractivity contribution in [2.45, 2.75) is 18.7 Å². The SMILES string of the molecule is CCN(CC)C(=O)c1ccc(NC(=O)CSc2cc(F)ccc2F)cc1. The molecule has 0 fully saturated rings. The summed E-state index contributed by atoms with van der Waals surface area (Å²) in [5.74, 6) is -1.58. The Labute approximate surface area is 155 Å². The first-order valence-corrected chi connectivity index (χ1v) is 9.20. The topological polar surface area (TPSA) is 49.4 Å². The Morgan fingerprint density at radius 2 is 1.69 bits per heavy atom. The van der Waals surface area contributed by atoms with E-state index >= 15 is 0 Å². The molecule has 0 aromatic heterocycles. The average Bonchev–Trinajstić information content (AvgIpc) is 2.64. The zero-order valence-corrected chi connectivity index (χ0v) is 15.4. The van der Waals surface area contributed by atoms with Gasteiger partial charge in [-0.1, -0.05) is 0 Å². The van der Waals surface area contributed by atoms with Crippen LogP contribution in [0, 0.1) is 11.6 Å². The zero-order valence-electron chi connectivity index (χ0n) is 14.6. The molecule has 7 heteroatoms. The van der Waals surface area contributed by atoms with Gasteiger partial charge in [0.05, 0.1) is 5.75 Å². The summed E-state index contributed by atoms with van der Waals surface area (Å²) in [5.41, 5.74) is 1.08. The second-order valence-electron chi connectivity index (χ2n) is 5.47. The maximum Gasteiger partial charge on any atom is 0.253 e. The van der Waals surface area contributed by atoms with Gasteiger partial charge in [-0.25, -0.2) is 8.78 Å². The van der Waals surface area contributed by atoms with Crippen molar-refractivity contribution in [1.82, 2.24) is 4.90 Å². The molecule has 2 aromatic rings. The molecule has 2 aromatic carbocycles. The first kappa shape index (κ1) is 19.9. The summed E-state index contributed by atoms with van der Waals surface area (Å²) in [6.45, 7) is 5.08. The lowest BCUT2D eigenvalue weighted by atomic mass is 10.2. The van der Waals surface area contributed by atoms with Crippen LogP contribution in [0.3, 0.4) is 0 Å². The highest BCUT2D eigenvalue weighted by Gasteiger charge is 2.13. The van der Waals surface area contributed by atoms with Crippen molar-refractivity contribution >= 4 is 29.3 Å². The van der Waals surface area contributed by atoms with E-state index in [1.54, 1.807) is 29.2 Å². The Kier molecular flexibility index (Phi) is 7.15. The largest absolute Gasteiger partial charge is 0.339 e. The second kappa shape index (κ2) is 9.33. The Morgan fingerprint density at radius 3 is 2.31 bits per heavy atom. The molecule has 26 heavy (non-hydrogen) atoms. The molecule has 0 radical (unpaired) electrons. The van der Waals surface area contributed by atoms with Gasteiger partial charge in [0.15, 0.2) is 0 Å². The molecule has 0 spiro atoms. The lowest BCUT2D eigenvalue weighted by Gasteiger charge is -2.18. The summed E-state index contributed by atoms with van der Waals surface area (Å²) >= 11 is 0.919. The number of carbonyl (C=O) groups is 2. The molecular formula is C19H20F2N2O2S. The van der Waals surface area contributed by atoms with Gasteiger partial charge < -0.3 is 10.2 Å². The van der Waals surface area contributed by atoms with Crippen molar-refractivity contribution in [1.29, 1.82) is 0 Å². The summed E-state index contributed by atoms with van der Waals surface area (Å²) in [6.07, 6.45) is 0. The van der Waals surface area contributed by atoms with Crippen LogP contribution in [0.4, 0.5) is 14.5 Å². The quantitative estimate of drug-likeness (QED) is 0.736. The maximum absolute atomic E-state index is 13.5. The van der Waals surface area contributed by atoms with E-state index < -0.39 is 11.6 Å². The predicted molar refractivity (Wildman–Crippen MR) is 99.4 cm³/mol. The van der Waals surface area contributed by atoms with Crippen LogP contribution in [0.1, 0.15) is 24.2 Å². The predicted octanol–water partition coefficient (Wildman–Crippen LogP) is 4.18. The fourth-order valence-corrected chi connectivity index (χ4v) is 3.08. The van der Waals surface area contributed by atoms with Crippen molar-refractivity contribution in [3.05, 3.63) is 59.7 Å². The Morgan fingerprint density at radius 1 is 1.04 bits per heavy atom. The number of nitrogens with zero attached hydrogens (tertiary/aromatic N) is 1. The van der Waals surface area contributed by atoms with Gasteiger partial charge in [0.2, 0.25) is 5.91 Å². The minimum absolute atomic E-state index is 0.0551.